The minimum Gasteiger partial charge on any atom is -0.493 e. The Labute approximate surface area is 173 Å². The van der Waals surface area contributed by atoms with Crippen LogP contribution >= 0.6 is 23.2 Å². The molecule has 1 aromatic heterocycles. The highest BCUT2D eigenvalue weighted by molar-refractivity contribution is 6.42. The summed E-state index contributed by atoms with van der Waals surface area (Å²) in [6.45, 7) is 0. The van der Waals surface area contributed by atoms with Crippen LogP contribution in [0, 0.1) is 0 Å². The highest BCUT2D eigenvalue weighted by Crippen LogP contribution is 2.40. The number of benzene rings is 2. The van der Waals surface area contributed by atoms with E-state index in [9.17, 15) is 0 Å². The molecule has 0 aliphatic rings. The van der Waals surface area contributed by atoms with Gasteiger partial charge in [-0.2, -0.15) is 5.10 Å². The van der Waals surface area contributed by atoms with Crippen molar-refractivity contribution in [1.82, 2.24) is 10.2 Å². The monoisotopic (exact) mass is 418 g/mol. The third-order valence-corrected chi connectivity index (χ3v) is 4.93. The summed E-state index contributed by atoms with van der Waals surface area (Å²) < 4.78 is 16.2. The number of halogens is 2. The molecule has 3 aromatic rings. The number of hydrogen-bond acceptors (Lipinski definition) is 4. The number of H-pyrrole nitrogens is 1. The lowest BCUT2D eigenvalue weighted by Crippen LogP contribution is -1.95. The van der Waals surface area contributed by atoms with Gasteiger partial charge in [0.2, 0.25) is 5.75 Å². The molecule has 0 saturated carbocycles. The lowest BCUT2D eigenvalue weighted by Gasteiger charge is -2.13. The molecule has 2 aromatic carbocycles. The molecular weight excluding hydrogens is 399 g/mol. The number of ether oxygens (including phenoxy) is 3. The maximum Gasteiger partial charge on any atom is 0.203 e. The van der Waals surface area contributed by atoms with Gasteiger partial charge in [-0.1, -0.05) is 35.3 Å². The third-order valence-electron chi connectivity index (χ3n) is 4.19. The van der Waals surface area contributed by atoms with Crippen molar-refractivity contribution in [2.24, 2.45) is 0 Å². The summed E-state index contributed by atoms with van der Waals surface area (Å²) in [6.07, 6.45) is 4.73. The van der Waals surface area contributed by atoms with E-state index in [4.69, 9.17) is 37.4 Å². The zero-order chi connectivity index (χ0) is 20.1. The molecule has 1 heterocycles. The van der Waals surface area contributed by atoms with Crippen molar-refractivity contribution < 1.29 is 14.2 Å². The van der Waals surface area contributed by atoms with Crippen LogP contribution in [0.2, 0.25) is 10.0 Å². The number of rotatable bonds is 7. The molecule has 3 rings (SSSR count). The highest BCUT2D eigenvalue weighted by Gasteiger charge is 2.15. The van der Waals surface area contributed by atoms with Crippen LogP contribution in [0.5, 0.6) is 17.2 Å². The molecule has 0 unspecified atom stereocenters. The van der Waals surface area contributed by atoms with Gasteiger partial charge in [0.1, 0.15) is 0 Å². The van der Waals surface area contributed by atoms with Crippen molar-refractivity contribution in [3.8, 4) is 28.5 Å². The summed E-state index contributed by atoms with van der Waals surface area (Å²) in [5.41, 5.74) is 3.59. The second-order valence-electron chi connectivity index (χ2n) is 5.98. The molecular formula is C21H20Cl2N2O3. The molecule has 0 saturated heterocycles. The molecule has 28 heavy (non-hydrogen) atoms. The van der Waals surface area contributed by atoms with Crippen molar-refractivity contribution in [2.75, 3.05) is 21.3 Å². The first kappa shape index (κ1) is 20.1. The first-order valence-corrected chi connectivity index (χ1v) is 9.27. The standard InChI is InChI=1S/C21H20Cl2N2O3/c1-26-19-10-14(11-20(27-2)21(19)28-3)18-12-15(24-25-18)6-4-5-13-7-8-16(22)17(23)9-13/h4,6-12H,5H2,1-3H3,(H,24,25). The van der Waals surface area contributed by atoms with Crippen LogP contribution in [0.25, 0.3) is 17.3 Å². The van der Waals surface area contributed by atoms with Gasteiger partial charge in [0.15, 0.2) is 11.5 Å². The highest BCUT2D eigenvalue weighted by atomic mass is 35.5. The summed E-state index contributed by atoms with van der Waals surface area (Å²) >= 11 is 12.0. The van der Waals surface area contributed by atoms with Crippen LogP contribution in [0.15, 0.2) is 42.5 Å². The lowest BCUT2D eigenvalue weighted by atomic mass is 10.1. The average Bonchev–Trinajstić information content (AvgIpc) is 3.18. The van der Waals surface area contributed by atoms with Crippen LogP contribution < -0.4 is 14.2 Å². The second kappa shape index (κ2) is 9.04. The number of aromatic nitrogens is 2. The van der Waals surface area contributed by atoms with Crippen LogP contribution in [0.4, 0.5) is 0 Å². The Hall–Kier alpha value is -2.63. The van der Waals surface area contributed by atoms with E-state index in [0.717, 1.165) is 28.9 Å². The molecule has 0 aliphatic carbocycles. The fraction of sp³-hybridized carbons (Fsp3) is 0.190. The number of aromatic amines is 1. The normalized spacial score (nSPS) is 11.0. The Bertz CT molecular complexity index is 974. The topological polar surface area (TPSA) is 56.4 Å². The van der Waals surface area contributed by atoms with Gasteiger partial charge in [0.05, 0.1) is 42.8 Å². The molecule has 0 bridgehead atoms. The Morgan fingerprint density at radius 1 is 0.929 bits per heavy atom. The van der Waals surface area contributed by atoms with E-state index in [-0.39, 0.29) is 0 Å². The number of allylic oxidation sites excluding steroid dienone is 1. The van der Waals surface area contributed by atoms with E-state index in [0.29, 0.717) is 27.3 Å². The van der Waals surface area contributed by atoms with Gasteiger partial charge < -0.3 is 14.2 Å². The maximum absolute atomic E-state index is 6.05. The summed E-state index contributed by atoms with van der Waals surface area (Å²) in [5.74, 6) is 1.71. The lowest BCUT2D eigenvalue weighted by molar-refractivity contribution is 0.324. The molecule has 0 radical (unpaired) electrons. The molecule has 0 atom stereocenters. The summed E-state index contributed by atoms with van der Waals surface area (Å²) in [7, 11) is 4.75. The quantitative estimate of drug-likeness (QED) is 0.537. The number of methoxy groups -OCH3 is 3. The first-order chi connectivity index (χ1) is 13.5. The third kappa shape index (κ3) is 4.43. The fourth-order valence-electron chi connectivity index (χ4n) is 2.79. The maximum atomic E-state index is 6.05. The van der Waals surface area contributed by atoms with E-state index >= 15 is 0 Å². The molecule has 0 aliphatic heterocycles. The molecule has 1 N–H and O–H groups in total. The molecule has 0 spiro atoms. The van der Waals surface area contributed by atoms with E-state index in [2.05, 4.69) is 10.2 Å². The number of hydrogen-bond donors (Lipinski definition) is 1. The molecule has 0 amide bonds. The zero-order valence-corrected chi connectivity index (χ0v) is 17.3. The van der Waals surface area contributed by atoms with Crippen molar-refractivity contribution in [1.29, 1.82) is 0 Å². The van der Waals surface area contributed by atoms with Gasteiger partial charge in [-0.25, -0.2) is 0 Å². The number of nitrogens with one attached hydrogen (secondary N) is 1. The van der Waals surface area contributed by atoms with Gasteiger partial charge >= 0.3 is 0 Å². The average molecular weight is 419 g/mol. The van der Waals surface area contributed by atoms with Gasteiger partial charge in [-0.15, -0.1) is 0 Å². The molecule has 146 valence electrons. The van der Waals surface area contributed by atoms with Gasteiger partial charge in [0, 0.05) is 5.56 Å². The Kier molecular flexibility index (Phi) is 6.49. The van der Waals surface area contributed by atoms with Crippen LogP contribution in [-0.4, -0.2) is 31.5 Å². The van der Waals surface area contributed by atoms with Crippen molar-refractivity contribution >= 4 is 29.3 Å². The van der Waals surface area contributed by atoms with Crippen LogP contribution in [0.1, 0.15) is 11.3 Å². The van der Waals surface area contributed by atoms with Gasteiger partial charge in [0.25, 0.3) is 0 Å². The predicted octanol–water partition coefficient (Wildman–Crippen LogP) is 5.67. The summed E-state index contributed by atoms with van der Waals surface area (Å²) in [5, 5.41) is 8.50. The molecule has 5 nitrogen and oxygen atoms in total. The second-order valence-corrected chi connectivity index (χ2v) is 6.79. The zero-order valence-electron chi connectivity index (χ0n) is 15.8. The van der Waals surface area contributed by atoms with Crippen molar-refractivity contribution in [2.45, 2.75) is 6.42 Å². The smallest absolute Gasteiger partial charge is 0.203 e. The predicted molar refractivity (Wildman–Crippen MR) is 113 cm³/mol. The Morgan fingerprint density at radius 2 is 1.64 bits per heavy atom. The summed E-state index contributed by atoms with van der Waals surface area (Å²) in [6, 6.07) is 11.3. The first-order valence-electron chi connectivity index (χ1n) is 8.52. The number of nitrogens with zero attached hydrogens (tertiary/aromatic N) is 1. The molecule has 7 heteroatoms. The van der Waals surface area contributed by atoms with Crippen molar-refractivity contribution in [3.05, 3.63) is 63.8 Å². The Morgan fingerprint density at radius 3 is 2.25 bits per heavy atom. The van der Waals surface area contributed by atoms with E-state index in [1.54, 1.807) is 27.4 Å². The SMILES string of the molecule is COc1cc(-c2cc(C=CCc3ccc(Cl)c(Cl)c3)[nH]n2)cc(OC)c1OC. The molecule has 0 fully saturated rings. The van der Waals surface area contributed by atoms with E-state index in [1.807, 2.05) is 42.5 Å². The minimum atomic E-state index is 0.547. The van der Waals surface area contributed by atoms with Crippen LogP contribution in [0.3, 0.4) is 0 Å². The van der Waals surface area contributed by atoms with Crippen molar-refractivity contribution in [3.63, 3.8) is 0 Å². The van der Waals surface area contributed by atoms with Gasteiger partial charge in [-0.05, 0) is 48.4 Å². The van der Waals surface area contributed by atoms with E-state index in [1.165, 1.54) is 0 Å². The Balaban J connectivity index is 1.79. The fourth-order valence-corrected chi connectivity index (χ4v) is 3.11. The van der Waals surface area contributed by atoms with E-state index < -0.39 is 0 Å². The van der Waals surface area contributed by atoms with Crippen LogP contribution in [-0.2, 0) is 6.42 Å². The minimum absolute atomic E-state index is 0.547. The summed E-state index contributed by atoms with van der Waals surface area (Å²) in [4.78, 5) is 0. The van der Waals surface area contributed by atoms with Gasteiger partial charge in [-0.3, -0.25) is 5.10 Å². The largest absolute Gasteiger partial charge is 0.493 e.